The first-order valence-electron chi connectivity index (χ1n) is 10.1. The molecule has 5 rings (SSSR count). The summed E-state index contributed by atoms with van der Waals surface area (Å²) in [6, 6.07) is 6.84. The summed E-state index contributed by atoms with van der Waals surface area (Å²) in [7, 11) is -1.23. The van der Waals surface area contributed by atoms with Crippen molar-refractivity contribution in [1.29, 1.82) is 0 Å². The van der Waals surface area contributed by atoms with Crippen LogP contribution in [0.5, 0.6) is 0 Å². The van der Waals surface area contributed by atoms with E-state index in [4.69, 9.17) is 8.83 Å². The predicted molar refractivity (Wildman–Crippen MR) is 116 cm³/mol. The Bertz CT molecular complexity index is 1250. The Labute approximate surface area is 188 Å². The molecule has 3 aromatic heterocycles. The van der Waals surface area contributed by atoms with E-state index in [9.17, 15) is 13.2 Å². The molecule has 1 saturated heterocycles. The molecule has 0 unspecified atom stereocenters. The van der Waals surface area contributed by atoms with Gasteiger partial charge in [0.1, 0.15) is 29.1 Å². The summed E-state index contributed by atoms with van der Waals surface area (Å²) in [6.07, 6.45) is 4.17. The monoisotopic (exact) mass is 475 g/mol. The number of carbonyl (C=O) groups excluding carboxylic acids is 1. The lowest BCUT2D eigenvalue weighted by Crippen LogP contribution is -2.28. The lowest BCUT2D eigenvalue weighted by molar-refractivity contribution is -0.130. The Hall–Kier alpha value is -2.86. The Morgan fingerprint density at radius 2 is 2.03 bits per heavy atom. The predicted octanol–water partition coefficient (Wildman–Crippen LogP) is 2.37. The Balaban J connectivity index is 1.31. The topological polar surface area (TPSA) is 124 Å². The van der Waals surface area contributed by atoms with Crippen LogP contribution in [0, 0.1) is 0 Å². The zero-order valence-electron chi connectivity index (χ0n) is 17.2. The maximum atomic E-state index is 13.1. The van der Waals surface area contributed by atoms with Crippen LogP contribution in [0.25, 0.3) is 0 Å². The minimum atomic E-state index is -3.02. The number of amides is 1. The van der Waals surface area contributed by atoms with E-state index in [0.29, 0.717) is 41.1 Å². The maximum Gasteiger partial charge on any atom is 0.253 e. The summed E-state index contributed by atoms with van der Waals surface area (Å²) in [4.78, 5) is 13.1. The first-order valence-corrected chi connectivity index (χ1v) is 12.9. The lowest BCUT2D eigenvalue weighted by atomic mass is 10.1. The van der Waals surface area contributed by atoms with Crippen molar-refractivity contribution in [2.75, 3.05) is 17.3 Å². The number of hydrogen-bond acceptors (Lipinski definition) is 9. The third-order valence-corrected chi connectivity index (χ3v) is 8.41. The molecule has 0 aliphatic carbocycles. The molecule has 12 heteroatoms. The smallest absolute Gasteiger partial charge is 0.253 e. The Morgan fingerprint density at radius 1 is 1.22 bits per heavy atom. The second-order valence-corrected chi connectivity index (χ2v) is 11.0. The van der Waals surface area contributed by atoms with Crippen molar-refractivity contribution < 1.29 is 22.0 Å². The molecule has 168 valence electrons. The van der Waals surface area contributed by atoms with Crippen LogP contribution in [0.2, 0.25) is 0 Å². The third-order valence-electron chi connectivity index (χ3n) is 5.63. The molecule has 3 aromatic rings. The van der Waals surface area contributed by atoms with Gasteiger partial charge in [-0.1, -0.05) is 11.8 Å². The summed E-state index contributed by atoms with van der Waals surface area (Å²) >= 11 is 1.24. The van der Waals surface area contributed by atoms with Crippen molar-refractivity contribution in [3.63, 3.8) is 0 Å². The number of hydrazone groups is 1. The van der Waals surface area contributed by atoms with Gasteiger partial charge < -0.3 is 13.4 Å². The highest BCUT2D eigenvalue weighted by atomic mass is 32.2. The molecular formula is C20H21N5O5S2. The van der Waals surface area contributed by atoms with E-state index in [2.05, 4.69) is 15.3 Å². The molecule has 5 heterocycles. The van der Waals surface area contributed by atoms with Gasteiger partial charge in [0, 0.05) is 19.4 Å². The van der Waals surface area contributed by atoms with Crippen LogP contribution in [0.15, 0.2) is 55.9 Å². The molecule has 0 saturated carbocycles. The van der Waals surface area contributed by atoms with Crippen molar-refractivity contribution >= 4 is 33.2 Å². The summed E-state index contributed by atoms with van der Waals surface area (Å²) in [5.41, 5.74) is 0.679. The number of hydrogen-bond donors (Lipinski definition) is 0. The molecule has 0 radical (unpaired) electrons. The fourth-order valence-electron chi connectivity index (χ4n) is 4.03. The first-order chi connectivity index (χ1) is 15.4. The highest BCUT2D eigenvalue weighted by Gasteiger charge is 2.36. The normalized spacial score (nSPS) is 22.4. The summed E-state index contributed by atoms with van der Waals surface area (Å²) < 4.78 is 36.4. The standard InChI is InChI=1S/C20H21N5O5S2/c1-24-19(13-6-9-32(27,28)12-13)21-22-20(24)31-11-18(26)25-15(17-5-3-8-30-17)10-14(23-25)16-4-2-7-29-16/h2-5,7-8,13,15H,6,9-12H2,1H3/t13-,15-/m1/s1. The number of thioether (sulfide) groups is 1. The number of sulfone groups is 1. The molecule has 2 aliphatic heterocycles. The molecule has 2 atom stereocenters. The number of furan rings is 2. The van der Waals surface area contributed by atoms with Gasteiger partial charge in [-0.2, -0.15) is 5.10 Å². The van der Waals surface area contributed by atoms with Crippen LogP contribution in [-0.2, 0) is 21.7 Å². The highest BCUT2D eigenvalue weighted by molar-refractivity contribution is 7.99. The molecule has 10 nitrogen and oxygen atoms in total. The van der Waals surface area contributed by atoms with E-state index in [1.54, 1.807) is 36.3 Å². The van der Waals surface area contributed by atoms with Crippen LogP contribution in [-0.4, -0.2) is 57.1 Å². The van der Waals surface area contributed by atoms with Crippen molar-refractivity contribution in [2.24, 2.45) is 12.1 Å². The van der Waals surface area contributed by atoms with Gasteiger partial charge in [-0.25, -0.2) is 13.4 Å². The molecule has 2 aliphatic rings. The molecule has 1 amide bonds. The van der Waals surface area contributed by atoms with Crippen molar-refractivity contribution in [3.8, 4) is 0 Å². The molecular weight excluding hydrogens is 454 g/mol. The number of aromatic nitrogens is 3. The minimum Gasteiger partial charge on any atom is -0.467 e. The van der Waals surface area contributed by atoms with E-state index in [1.165, 1.54) is 16.8 Å². The summed E-state index contributed by atoms with van der Waals surface area (Å²) in [5.74, 6) is 1.90. The van der Waals surface area contributed by atoms with E-state index >= 15 is 0 Å². The highest BCUT2D eigenvalue weighted by Crippen LogP contribution is 2.34. The number of rotatable bonds is 6. The Morgan fingerprint density at radius 3 is 2.72 bits per heavy atom. The van der Waals surface area contributed by atoms with Gasteiger partial charge in [0.25, 0.3) is 5.91 Å². The molecule has 0 aromatic carbocycles. The fourth-order valence-corrected chi connectivity index (χ4v) is 6.54. The van der Waals surface area contributed by atoms with Gasteiger partial charge in [-0.05, 0) is 30.7 Å². The van der Waals surface area contributed by atoms with E-state index < -0.39 is 9.84 Å². The fraction of sp³-hybridized carbons (Fsp3) is 0.400. The molecule has 0 bridgehead atoms. The summed E-state index contributed by atoms with van der Waals surface area (Å²) in [5, 5.41) is 14.9. The largest absolute Gasteiger partial charge is 0.467 e. The zero-order chi connectivity index (χ0) is 22.3. The minimum absolute atomic E-state index is 0.0887. The van der Waals surface area contributed by atoms with Gasteiger partial charge >= 0.3 is 0 Å². The van der Waals surface area contributed by atoms with E-state index in [-0.39, 0.29) is 35.1 Å². The van der Waals surface area contributed by atoms with Gasteiger partial charge in [0.05, 0.1) is 29.8 Å². The van der Waals surface area contributed by atoms with E-state index in [1.807, 2.05) is 12.1 Å². The Kier molecular flexibility index (Phi) is 5.41. The second kappa shape index (κ2) is 8.24. The zero-order valence-corrected chi connectivity index (χ0v) is 18.9. The van der Waals surface area contributed by atoms with E-state index in [0.717, 1.165) is 0 Å². The van der Waals surface area contributed by atoms with Gasteiger partial charge in [-0.15, -0.1) is 10.2 Å². The van der Waals surface area contributed by atoms with Crippen LogP contribution in [0.4, 0.5) is 0 Å². The van der Waals surface area contributed by atoms with Crippen molar-refractivity contribution in [3.05, 3.63) is 54.1 Å². The van der Waals surface area contributed by atoms with Crippen molar-refractivity contribution in [1.82, 2.24) is 19.8 Å². The van der Waals surface area contributed by atoms with Gasteiger partial charge in [-0.3, -0.25) is 4.79 Å². The SMILES string of the molecule is Cn1c(SCC(=O)N2N=C(c3ccco3)C[C@@H]2c2ccco2)nnc1[C@@H]1CCS(=O)(=O)C1. The van der Waals surface area contributed by atoms with Gasteiger partial charge in [0.15, 0.2) is 15.0 Å². The molecule has 1 fully saturated rings. The second-order valence-electron chi connectivity index (χ2n) is 7.79. The quantitative estimate of drug-likeness (QED) is 0.498. The molecule has 0 spiro atoms. The van der Waals surface area contributed by atoms with Crippen molar-refractivity contribution in [2.45, 2.75) is 30.0 Å². The van der Waals surface area contributed by atoms with Crippen LogP contribution >= 0.6 is 11.8 Å². The molecule has 0 N–H and O–H groups in total. The van der Waals surface area contributed by atoms with Crippen LogP contribution in [0.3, 0.4) is 0 Å². The lowest BCUT2D eigenvalue weighted by Gasteiger charge is -2.19. The number of carbonyl (C=O) groups is 1. The van der Waals surface area contributed by atoms with Crippen LogP contribution in [0.1, 0.15) is 42.1 Å². The maximum absolute atomic E-state index is 13.1. The average molecular weight is 476 g/mol. The van der Waals surface area contributed by atoms with Gasteiger partial charge in [0.2, 0.25) is 0 Å². The van der Waals surface area contributed by atoms with Crippen LogP contribution < -0.4 is 0 Å². The first kappa shape index (κ1) is 21.0. The number of nitrogens with zero attached hydrogens (tertiary/aromatic N) is 5. The third kappa shape index (κ3) is 3.99. The average Bonchev–Trinajstić information content (AvgIpc) is 3.55. The molecule has 32 heavy (non-hydrogen) atoms. The summed E-state index contributed by atoms with van der Waals surface area (Å²) in [6.45, 7) is 0.